The average Bonchev–Trinajstić information content (AvgIpc) is 3.41. The average molecular weight is 463 g/mol. The van der Waals surface area contributed by atoms with Crippen LogP contribution in [-0.4, -0.2) is 47.2 Å². The van der Waals surface area contributed by atoms with Crippen molar-refractivity contribution in [3.63, 3.8) is 0 Å². The van der Waals surface area contributed by atoms with Crippen molar-refractivity contribution in [2.75, 3.05) is 26.6 Å². The molecule has 2 aromatic carbocycles. The number of hydrogen-bond acceptors (Lipinski definition) is 8. The Balaban J connectivity index is 1.56. The summed E-state index contributed by atoms with van der Waals surface area (Å²) in [5, 5.41) is 11.0. The fraction of sp³-hybridized carbons (Fsp3) is 0.250. The van der Waals surface area contributed by atoms with Gasteiger partial charge in [0.05, 0.1) is 44.8 Å². The van der Waals surface area contributed by atoms with Gasteiger partial charge in [-0.05, 0) is 38.1 Å². The minimum absolute atomic E-state index is 0.191. The normalized spacial score (nSPS) is 10.7. The van der Waals surface area contributed by atoms with Gasteiger partial charge in [0, 0.05) is 6.07 Å². The maximum absolute atomic E-state index is 12.9. The van der Waals surface area contributed by atoms with E-state index in [1.54, 1.807) is 44.0 Å². The number of hydrogen-bond donors (Lipinski definition) is 1. The fourth-order valence-electron chi connectivity index (χ4n) is 3.47. The van der Waals surface area contributed by atoms with Gasteiger partial charge in [0.25, 0.3) is 5.91 Å². The van der Waals surface area contributed by atoms with Gasteiger partial charge in [-0.3, -0.25) is 4.79 Å². The van der Waals surface area contributed by atoms with E-state index in [0.717, 1.165) is 5.56 Å². The van der Waals surface area contributed by atoms with Crippen LogP contribution in [-0.2, 0) is 6.54 Å². The molecule has 0 saturated carbocycles. The number of nitrogens with one attached hydrogen (secondary N) is 1. The van der Waals surface area contributed by atoms with Crippen molar-refractivity contribution < 1.29 is 23.4 Å². The van der Waals surface area contributed by atoms with Crippen LogP contribution >= 0.6 is 0 Å². The van der Waals surface area contributed by atoms with E-state index in [0.29, 0.717) is 52.5 Å². The molecule has 0 spiro atoms. The van der Waals surface area contributed by atoms with E-state index >= 15 is 0 Å². The molecule has 0 aliphatic carbocycles. The number of carbonyl (C=O) groups excluding carboxylic acids is 1. The first-order valence-corrected chi connectivity index (χ1v) is 10.5. The van der Waals surface area contributed by atoms with E-state index in [4.69, 9.17) is 18.6 Å². The van der Waals surface area contributed by atoms with Crippen molar-refractivity contribution >= 4 is 11.6 Å². The molecule has 4 aromatic rings. The van der Waals surface area contributed by atoms with E-state index < -0.39 is 5.91 Å². The van der Waals surface area contributed by atoms with Gasteiger partial charge >= 0.3 is 0 Å². The molecule has 2 heterocycles. The standard InChI is InChI=1S/C24H25N5O5/c1-14-22(23(30)25-18-12-16(31-3)10-11-21(18)33-5)27-28-29(14)13-19-15(2)34-24(26-19)17-8-6-7-9-20(17)32-4/h6-12H,13H2,1-5H3,(H,25,30). The van der Waals surface area contributed by atoms with Crippen LogP contribution in [0.25, 0.3) is 11.5 Å². The molecule has 0 bridgehead atoms. The number of amides is 1. The number of methoxy groups -OCH3 is 3. The van der Waals surface area contributed by atoms with Gasteiger partial charge in [-0.1, -0.05) is 17.3 Å². The van der Waals surface area contributed by atoms with Crippen LogP contribution in [0.3, 0.4) is 0 Å². The SMILES string of the molecule is COc1ccc(OC)c(NC(=O)c2nnn(Cc3nc(-c4ccccc4OC)oc3C)c2C)c1. The Labute approximate surface area is 196 Å². The third-order valence-corrected chi connectivity index (χ3v) is 5.38. The van der Waals surface area contributed by atoms with Gasteiger partial charge < -0.3 is 23.9 Å². The molecule has 10 nitrogen and oxygen atoms in total. The summed E-state index contributed by atoms with van der Waals surface area (Å²) in [6, 6.07) is 12.6. The van der Waals surface area contributed by atoms with E-state index in [9.17, 15) is 4.79 Å². The number of aromatic nitrogens is 4. The Bertz CT molecular complexity index is 1330. The zero-order valence-electron chi connectivity index (χ0n) is 19.6. The molecule has 0 aliphatic rings. The molecule has 4 rings (SSSR count). The number of carbonyl (C=O) groups is 1. The summed E-state index contributed by atoms with van der Waals surface area (Å²) in [5.41, 5.74) is 2.67. The number of para-hydroxylation sites is 1. The van der Waals surface area contributed by atoms with E-state index in [2.05, 4.69) is 20.6 Å². The summed E-state index contributed by atoms with van der Waals surface area (Å²) in [4.78, 5) is 17.5. The third kappa shape index (κ3) is 4.42. The Morgan fingerprint density at radius 2 is 1.79 bits per heavy atom. The van der Waals surface area contributed by atoms with Crippen molar-refractivity contribution in [3.8, 4) is 28.7 Å². The van der Waals surface area contributed by atoms with Crippen LogP contribution in [0.1, 0.15) is 27.6 Å². The van der Waals surface area contributed by atoms with Crippen molar-refractivity contribution in [2.24, 2.45) is 0 Å². The summed E-state index contributed by atoms with van der Waals surface area (Å²) < 4.78 is 23.4. The Kier molecular flexibility index (Phi) is 6.48. The second-order valence-electron chi connectivity index (χ2n) is 7.42. The second-order valence-corrected chi connectivity index (χ2v) is 7.42. The van der Waals surface area contributed by atoms with Crippen molar-refractivity contribution in [3.05, 3.63) is 65.3 Å². The first-order chi connectivity index (χ1) is 16.4. The Morgan fingerprint density at radius 3 is 2.53 bits per heavy atom. The van der Waals surface area contributed by atoms with Crippen LogP contribution in [0.5, 0.6) is 17.2 Å². The molecule has 0 atom stereocenters. The number of ether oxygens (including phenoxy) is 3. The van der Waals surface area contributed by atoms with Gasteiger partial charge in [0.15, 0.2) is 5.69 Å². The van der Waals surface area contributed by atoms with Crippen molar-refractivity contribution in [2.45, 2.75) is 20.4 Å². The molecule has 0 fully saturated rings. The zero-order chi connectivity index (χ0) is 24.2. The van der Waals surface area contributed by atoms with E-state index in [-0.39, 0.29) is 5.69 Å². The van der Waals surface area contributed by atoms with Gasteiger partial charge in [-0.15, -0.1) is 5.10 Å². The highest BCUT2D eigenvalue weighted by Gasteiger charge is 2.21. The van der Waals surface area contributed by atoms with Gasteiger partial charge in [-0.25, -0.2) is 9.67 Å². The van der Waals surface area contributed by atoms with E-state index in [1.165, 1.54) is 7.11 Å². The first-order valence-electron chi connectivity index (χ1n) is 10.5. The third-order valence-electron chi connectivity index (χ3n) is 5.38. The minimum Gasteiger partial charge on any atom is -0.497 e. The second kappa shape index (κ2) is 9.65. The monoisotopic (exact) mass is 463 g/mol. The molecule has 176 valence electrons. The molecule has 0 aliphatic heterocycles. The first kappa shape index (κ1) is 22.8. The lowest BCUT2D eigenvalue weighted by atomic mass is 10.2. The van der Waals surface area contributed by atoms with Gasteiger partial charge in [0.1, 0.15) is 28.7 Å². The summed E-state index contributed by atoms with van der Waals surface area (Å²) in [7, 11) is 4.68. The summed E-state index contributed by atoms with van der Waals surface area (Å²) in [6.07, 6.45) is 0. The highest BCUT2D eigenvalue weighted by Crippen LogP contribution is 2.31. The molecular weight excluding hydrogens is 438 g/mol. The maximum Gasteiger partial charge on any atom is 0.278 e. The Morgan fingerprint density at radius 1 is 1.03 bits per heavy atom. The van der Waals surface area contributed by atoms with Crippen LogP contribution in [0.15, 0.2) is 46.9 Å². The number of aryl methyl sites for hydroxylation is 1. The molecule has 10 heteroatoms. The molecule has 0 radical (unpaired) electrons. The predicted molar refractivity (Wildman–Crippen MR) is 125 cm³/mol. The molecule has 2 aromatic heterocycles. The number of anilines is 1. The minimum atomic E-state index is -0.415. The number of nitrogens with zero attached hydrogens (tertiary/aromatic N) is 4. The number of rotatable bonds is 8. The molecule has 0 unspecified atom stereocenters. The molecular formula is C24H25N5O5. The van der Waals surface area contributed by atoms with Gasteiger partial charge in [-0.2, -0.15) is 0 Å². The lowest BCUT2D eigenvalue weighted by Gasteiger charge is -2.11. The van der Waals surface area contributed by atoms with Crippen LogP contribution in [0, 0.1) is 13.8 Å². The van der Waals surface area contributed by atoms with E-state index in [1.807, 2.05) is 31.2 Å². The maximum atomic E-state index is 12.9. The van der Waals surface area contributed by atoms with Gasteiger partial charge in [0.2, 0.25) is 5.89 Å². The largest absolute Gasteiger partial charge is 0.497 e. The summed E-state index contributed by atoms with van der Waals surface area (Å²) >= 11 is 0. The summed E-state index contributed by atoms with van der Waals surface area (Å²) in [5.74, 6) is 2.43. The lowest BCUT2D eigenvalue weighted by molar-refractivity contribution is 0.102. The predicted octanol–water partition coefficient (Wildman–Crippen LogP) is 3.88. The molecule has 1 N–H and O–H groups in total. The van der Waals surface area contributed by atoms with Crippen LogP contribution < -0.4 is 19.5 Å². The number of oxazole rings is 1. The van der Waals surface area contributed by atoms with Crippen LogP contribution in [0.4, 0.5) is 5.69 Å². The molecule has 1 amide bonds. The molecule has 34 heavy (non-hydrogen) atoms. The highest BCUT2D eigenvalue weighted by atomic mass is 16.5. The zero-order valence-corrected chi connectivity index (χ0v) is 19.6. The smallest absolute Gasteiger partial charge is 0.278 e. The summed E-state index contributed by atoms with van der Waals surface area (Å²) in [6.45, 7) is 3.89. The Hall–Kier alpha value is -4.34. The van der Waals surface area contributed by atoms with Crippen molar-refractivity contribution in [1.82, 2.24) is 20.0 Å². The van der Waals surface area contributed by atoms with Crippen molar-refractivity contribution in [1.29, 1.82) is 0 Å². The van der Waals surface area contributed by atoms with Crippen LogP contribution in [0.2, 0.25) is 0 Å². The quantitative estimate of drug-likeness (QED) is 0.419. The fourth-order valence-corrected chi connectivity index (χ4v) is 3.47. The lowest BCUT2D eigenvalue weighted by Crippen LogP contribution is -2.15. The number of benzene rings is 2. The topological polar surface area (TPSA) is 114 Å². The highest BCUT2D eigenvalue weighted by molar-refractivity contribution is 6.04. The molecule has 0 saturated heterocycles.